The molecule has 0 unspecified atom stereocenters. The number of hydrogen-bond donors (Lipinski definition) is 2. The summed E-state index contributed by atoms with van der Waals surface area (Å²) in [5.41, 5.74) is 0.386. The van der Waals surface area contributed by atoms with E-state index < -0.39 is 5.82 Å². The van der Waals surface area contributed by atoms with Crippen molar-refractivity contribution in [2.45, 2.75) is 20.3 Å². The molecule has 0 aromatic carbocycles. The Morgan fingerprint density at radius 1 is 1.44 bits per heavy atom. The zero-order chi connectivity index (χ0) is 12.0. The first-order valence-electron chi connectivity index (χ1n) is 5.12. The molecule has 16 heavy (non-hydrogen) atoms. The molecule has 88 valence electrons. The Morgan fingerprint density at radius 2 is 2.19 bits per heavy atom. The van der Waals surface area contributed by atoms with Gasteiger partial charge in [0.05, 0.1) is 5.69 Å². The van der Waals surface area contributed by atoms with Crippen LogP contribution in [0.25, 0.3) is 0 Å². The second-order valence-corrected chi connectivity index (χ2v) is 3.25. The topological polar surface area (TPSA) is 66.9 Å². The number of nitrogens with one attached hydrogen (secondary N) is 2. The van der Waals surface area contributed by atoms with E-state index in [1.165, 1.54) is 13.3 Å². The summed E-state index contributed by atoms with van der Waals surface area (Å²) in [5, 5.41) is 5.40. The minimum absolute atomic E-state index is 0.112. The third kappa shape index (κ3) is 3.45. The molecular formula is C10H15FN4O. The van der Waals surface area contributed by atoms with Gasteiger partial charge < -0.3 is 10.6 Å². The van der Waals surface area contributed by atoms with Crippen molar-refractivity contribution < 1.29 is 9.18 Å². The summed E-state index contributed by atoms with van der Waals surface area (Å²) in [6.07, 6.45) is 1.84. The molecule has 0 fully saturated rings. The lowest BCUT2D eigenvalue weighted by Crippen LogP contribution is -2.26. The van der Waals surface area contributed by atoms with Gasteiger partial charge >= 0.3 is 0 Å². The lowest BCUT2D eigenvalue weighted by Gasteiger charge is -2.08. The van der Waals surface area contributed by atoms with E-state index in [0.29, 0.717) is 25.2 Å². The Labute approximate surface area is 93.5 Å². The van der Waals surface area contributed by atoms with Crippen LogP contribution >= 0.6 is 0 Å². The molecule has 0 aliphatic carbocycles. The molecule has 1 heterocycles. The van der Waals surface area contributed by atoms with Crippen LogP contribution in [0.5, 0.6) is 0 Å². The quantitative estimate of drug-likeness (QED) is 0.726. The van der Waals surface area contributed by atoms with Crippen LogP contribution in [-0.4, -0.2) is 29.0 Å². The third-order valence-corrected chi connectivity index (χ3v) is 1.99. The molecule has 0 spiro atoms. The van der Waals surface area contributed by atoms with Crippen LogP contribution in [0.3, 0.4) is 0 Å². The van der Waals surface area contributed by atoms with Gasteiger partial charge in [-0.3, -0.25) is 4.79 Å². The van der Waals surface area contributed by atoms with Crippen molar-refractivity contribution in [2.75, 3.05) is 18.4 Å². The van der Waals surface area contributed by atoms with Crippen LogP contribution in [0.4, 0.5) is 10.2 Å². The highest BCUT2D eigenvalue weighted by Crippen LogP contribution is 2.12. The van der Waals surface area contributed by atoms with Crippen LogP contribution in [-0.2, 0) is 11.2 Å². The molecule has 1 aromatic rings. The summed E-state index contributed by atoms with van der Waals surface area (Å²) < 4.78 is 13.6. The number of aromatic nitrogens is 2. The van der Waals surface area contributed by atoms with E-state index in [2.05, 4.69) is 20.6 Å². The second kappa shape index (κ2) is 5.99. The molecule has 0 radical (unpaired) electrons. The number of nitrogens with zero attached hydrogens (tertiary/aromatic N) is 2. The van der Waals surface area contributed by atoms with E-state index in [1.54, 1.807) is 0 Å². The largest absolute Gasteiger partial charge is 0.366 e. The monoisotopic (exact) mass is 226 g/mol. The molecule has 0 atom stereocenters. The maximum atomic E-state index is 13.6. The lowest BCUT2D eigenvalue weighted by molar-refractivity contribution is -0.118. The molecule has 1 amide bonds. The fourth-order valence-electron chi connectivity index (χ4n) is 1.20. The third-order valence-electron chi connectivity index (χ3n) is 1.99. The van der Waals surface area contributed by atoms with Gasteiger partial charge in [0.1, 0.15) is 6.33 Å². The van der Waals surface area contributed by atoms with Gasteiger partial charge in [0.25, 0.3) is 0 Å². The standard InChI is InChI=1S/C10H15FN4O/c1-3-8-9(11)10(15-6-14-8)13-5-4-12-7(2)16/h6H,3-5H2,1-2H3,(H,12,16)(H,13,14,15). The second-order valence-electron chi connectivity index (χ2n) is 3.25. The van der Waals surface area contributed by atoms with Crippen molar-refractivity contribution in [3.8, 4) is 0 Å². The highest BCUT2D eigenvalue weighted by molar-refractivity contribution is 5.72. The van der Waals surface area contributed by atoms with Crippen molar-refractivity contribution in [3.05, 3.63) is 17.8 Å². The first kappa shape index (κ1) is 12.4. The van der Waals surface area contributed by atoms with Gasteiger partial charge in [-0.1, -0.05) is 6.92 Å². The number of aryl methyl sites for hydroxylation is 1. The van der Waals surface area contributed by atoms with Gasteiger partial charge in [-0.15, -0.1) is 0 Å². The number of carbonyl (C=O) groups excluding carboxylic acids is 1. The number of halogens is 1. The molecule has 0 saturated heterocycles. The van der Waals surface area contributed by atoms with Gasteiger partial charge in [0, 0.05) is 20.0 Å². The van der Waals surface area contributed by atoms with Crippen LogP contribution in [0.1, 0.15) is 19.5 Å². The van der Waals surface area contributed by atoms with Crippen molar-refractivity contribution in [3.63, 3.8) is 0 Å². The lowest BCUT2D eigenvalue weighted by atomic mass is 10.3. The number of amides is 1. The van der Waals surface area contributed by atoms with Gasteiger partial charge in [-0.05, 0) is 6.42 Å². The minimum Gasteiger partial charge on any atom is -0.366 e. The number of rotatable bonds is 5. The fraction of sp³-hybridized carbons (Fsp3) is 0.500. The minimum atomic E-state index is -0.423. The predicted molar refractivity (Wildman–Crippen MR) is 58.5 cm³/mol. The molecule has 0 bridgehead atoms. The first-order valence-corrected chi connectivity index (χ1v) is 5.12. The van der Waals surface area contributed by atoms with Crippen LogP contribution < -0.4 is 10.6 Å². The van der Waals surface area contributed by atoms with Crippen LogP contribution in [0.2, 0.25) is 0 Å². The predicted octanol–water partition coefficient (Wildman–Crippen LogP) is 0.726. The van der Waals surface area contributed by atoms with Gasteiger partial charge in [0.2, 0.25) is 5.91 Å². The molecule has 2 N–H and O–H groups in total. The van der Waals surface area contributed by atoms with Crippen molar-refractivity contribution in [2.24, 2.45) is 0 Å². The average Bonchev–Trinajstić information content (AvgIpc) is 2.26. The molecule has 0 aliphatic heterocycles. The zero-order valence-corrected chi connectivity index (χ0v) is 9.38. The summed E-state index contributed by atoms with van der Waals surface area (Å²) in [7, 11) is 0. The summed E-state index contributed by atoms with van der Waals surface area (Å²) in [6.45, 7) is 4.11. The van der Waals surface area contributed by atoms with E-state index in [-0.39, 0.29) is 11.7 Å². The highest BCUT2D eigenvalue weighted by Gasteiger charge is 2.08. The van der Waals surface area contributed by atoms with Gasteiger partial charge in [-0.2, -0.15) is 0 Å². The van der Waals surface area contributed by atoms with Crippen molar-refractivity contribution >= 4 is 11.7 Å². The van der Waals surface area contributed by atoms with E-state index in [1.807, 2.05) is 6.92 Å². The van der Waals surface area contributed by atoms with E-state index in [4.69, 9.17) is 0 Å². The summed E-state index contributed by atoms with van der Waals surface area (Å²) in [6, 6.07) is 0. The normalized spacial score (nSPS) is 9.94. The molecule has 6 heteroatoms. The first-order chi connectivity index (χ1) is 7.65. The van der Waals surface area contributed by atoms with E-state index in [0.717, 1.165) is 0 Å². The maximum Gasteiger partial charge on any atom is 0.216 e. The summed E-state index contributed by atoms with van der Waals surface area (Å²) >= 11 is 0. The number of hydrogen-bond acceptors (Lipinski definition) is 4. The maximum absolute atomic E-state index is 13.6. The number of carbonyl (C=O) groups is 1. The molecule has 1 aromatic heterocycles. The highest BCUT2D eigenvalue weighted by atomic mass is 19.1. The molecule has 1 rings (SSSR count). The Morgan fingerprint density at radius 3 is 2.81 bits per heavy atom. The summed E-state index contributed by atoms with van der Waals surface area (Å²) in [5.74, 6) is -0.357. The Kier molecular flexibility index (Phi) is 4.63. The van der Waals surface area contributed by atoms with E-state index in [9.17, 15) is 9.18 Å². The summed E-state index contributed by atoms with van der Waals surface area (Å²) in [4.78, 5) is 18.2. The smallest absolute Gasteiger partial charge is 0.216 e. The SMILES string of the molecule is CCc1ncnc(NCCNC(C)=O)c1F. The Hall–Kier alpha value is -1.72. The van der Waals surface area contributed by atoms with Crippen molar-refractivity contribution in [1.82, 2.24) is 15.3 Å². The molecular weight excluding hydrogens is 211 g/mol. The average molecular weight is 226 g/mol. The molecule has 0 saturated carbocycles. The number of anilines is 1. The van der Waals surface area contributed by atoms with Gasteiger partial charge in [0.15, 0.2) is 11.6 Å². The fourth-order valence-corrected chi connectivity index (χ4v) is 1.20. The van der Waals surface area contributed by atoms with E-state index >= 15 is 0 Å². The molecule has 5 nitrogen and oxygen atoms in total. The molecule has 0 aliphatic rings. The van der Waals surface area contributed by atoms with Crippen molar-refractivity contribution in [1.29, 1.82) is 0 Å². The Bertz CT molecular complexity index is 370. The van der Waals surface area contributed by atoms with Crippen LogP contribution in [0, 0.1) is 5.82 Å². The van der Waals surface area contributed by atoms with Gasteiger partial charge in [-0.25, -0.2) is 14.4 Å². The zero-order valence-electron chi connectivity index (χ0n) is 9.38. The van der Waals surface area contributed by atoms with Crippen LogP contribution in [0.15, 0.2) is 6.33 Å². The Balaban J connectivity index is 2.50.